The van der Waals surface area contributed by atoms with E-state index in [1.807, 2.05) is 31.2 Å². The number of methoxy groups -OCH3 is 1. The molecule has 0 radical (unpaired) electrons. The Morgan fingerprint density at radius 1 is 1.41 bits per heavy atom. The number of carbonyl (C=O) groups excluding carboxylic acids is 1. The van der Waals surface area contributed by atoms with Crippen molar-refractivity contribution in [3.63, 3.8) is 0 Å². The molecule has 3 atom stereocenters. The van der Waals surface area contributed by atoms with Gasteiger partial charge in [0.2, 0.25) is 5.91 Å². The smallest absolute Gasteiger partial charge is 0.306 e. The summed E-state index contributed by atoms with van der Waals surface area (Å²) < 4.78 is 5.20. The summed E-state index contributed by atoms with van der Waals surface area (Å²) in [6.45, 7) is 2.00. The van der Waals surface area contributed by atoms with E-state index in [1.165, 1.54) is 0 Å². The van der Waals surface area contributed by atoms with Gasteiger partial charge in [0.1, 0.15) is 5.75 Å². The van der Waals surface area contributed by atoms with Gasteiger partial charge in [-0.05, 0) is 42.9 Å². The molecule has 0 aliphatic heterocycles. The van der Waals surface area contributed by atoms with Crippen molar-refractivity contribution in [2.75, 3.05) is 7.11 Å². The van der Waals surface area contributed by atoms with Crippen LogP contribution in [0.1, 0.15) is 44.1 Å². The van der Waals surface area contributed by atoms with Crippen molar-refractivity contribution in [1.29, 1.82) is 0 Å². The topological polar surface area (TPSA) is 75.6 Å². The third kappa shape index (κ3) is 4.23. The Morgan fingerprint density at radius 2 is 2.18 bits per heavy atom. The maximum absolute atomic E-state index is 12.1. The molecule has 1 aromatic carbocycles. The average molecular weight is 305 g/mol. The molecule has 5 nitrogen and oxygen atoms in total. The number of hydrogen-bond donors (Lipinski definition) is 2. The zero-order chi connectivity index (χ0) is 16.1. The molecular formula is C17H23NO4. The molecule has 1 aliphatic carbocycles. The van der Waals surface area contributed by atoms with Gasteiger partial charge >= 0.3 is 5.97 Å². The molecule has 0 aromatic heterocycles. The lowest BCUT2D eigenvalue weighted by Gasteiger charge is -2.16. The second kappa shape index (κ2) is 7.29. The van der Waals surface area contributed by atoms with Crippen molar-refractivity contribution < 1.29 is 19.4 Å². The molecule has 1 unspecified atom stereocenters. The van der Waals surface area contributed by atoms with Gasteiger partial charge in [0, 0.05) is 12.5 Å². The molecule has 2 N–H and O–H groups in total. The van der Waals surface area contributed by atoms with Crippen molar-refractivity contribution in [1.82, 2.24) is 5.32 Å². The summed E-state index contributed by atoms with van der Waals surface area (Å²) in [7, 11) is 1.62. The Balaban J connectivity index is 1.85. The molecule has 1 aliphatic rings. The van der Waals surface area contributed by atoms with Crippen LogP contribution in [-0.2, 0) is 9.59 Å². The number of carboxylic acids is 1. The molecule has 0 saturated heterocycles. The van der Waals surface area contributed by atoms with Crippen molar-refractivity contribution in [2.45, 2.75) is 44.6 Å². The molecule has 0 spiro atoms. The first-order chi connectivity index (χ1) is 10.5. The average Bonchev–Trinajstić information content (AvgIpc) is 2.95. The third-order valence-corrected chi connectivity index (χ3v) is 4.30. The zero-order valence-electron chi connectivity index (χ0n) is 13.0. The Labute approximate surface area is 130 Å². The van der Waals surface area contributed by atoms with Crippen LogP contribution in [0.25, 0.3) is 0 Å². The summed E-state index contributed by atoms with van der Waals surface area (Å²) in [6, 6.07) is 7.70. The van der Waals surface area contributed by atoms with E-state index in [1.54, 1.807) is 7.11 Å². The van der Waals surface area contributed by atoms with Gasteiger partial charge in [0.05, 0.1) is 13.0 Å². The van der Waals surface area contributed by atoms with Crippen LogP contribution in [-0.4, -0.2) is 30.1 Å². The second-order valence-corrected chi connectivity index (χ2v) is 5.99. The van der Waals surface area contributed by atoms with E-state index in [9.17, 15) is 9.59 Å². The van der Waals surface area contributed by atoms with Crippen molar-refractivity contribution in [3.05, 3.63) is 29.8 Å². The van der Waals surface area contributed by atoms with Crippen LogP contribution in [0.4, 0.5) is 0 Å². The van der Waals surface area contributed by atoms with Crippen LogP contribution < -0.4 is 10.1 Å². The molecular weight excluding hydrogens is 282 g/mol. The lowest BCUT2D eigenvalue weighted by molar-refractivity contribution is -0.141. The fourth-order valence-corrected chi connectivity index (χ4v) is 2.97. The number of carbonyl (C=O) groups is 2. The minimum atomic E-state index is -0.763. The van der Waals surface area contributed by atoms with Gasteiger partial charge in [0.15, 0.2) is 0 Å². The molecule has 1 fully saturated rings. The SMILES string of the molecule is COc1cccc(C(C)CC(=O)N[C@H]2CC[C@@H](C(=O)O)C2)c1. The van der Waals surface area contributed by atoms with Gasteiger partial charge in [-0.25, -0.2) is 0 Å². The van der Waals surface area contributed by atoms with E-state index in [0.29, 0.717) is 19.3 Å². The van der Waals surface area contributed by atoms with Crippen molar-refractivity contribution >= 4 is 11.9 Å². The van der Waals surface area contributed by atoms with Crippen LogP contribution in [0.15, 0.2) is 24.3 Å². The summed E-state index contributed by atoms with van der Waals surface area (Å²) in [5, 5.41) is 11.9. The van der Waals surface area contributed by atoms with E-state index < -0.39 is 5.97 Å². The maximum atomic E-state index is 12.1. The maximum Gasteiger partial charge on any atom is 0.306 e. The number of ether oxygens (including phenoxy) is 1. The highest BCUT2D eigenvalue weighted by atomic mass is 16.5. The van der Waals surface area contributed by atoms with Gasteiger partial charge in [-0.1, -0.05) is 19.1 Å². The van der Waals surface area contributed by atoms with E-state index in [-0.39, 0.29) is 23.8 Å². The molecule has 120 valence electrons. The van der Waals surface area contributed by atoms with Crippen LogP contribution in [0.5, 0.6) is 5.75 Å². The molecule has 22 heavy (non-hydrogen) atoms. The molecule has 1 saturated carbocycles. The molecule has 5 heteroatoms. The molecule has 1 amide bonds. The van der Waals surface area contributed by atoms with Crippen molar-refractivity contribution in [3.8, 4) is 5.75 Å². The highest BCUT2D eigenvalue weighted by Gasteiger charge is 2.30. The minimum absolute atomic E-state index is 0.00823. The first-order valence-electron chi connectivity index (χ1n) is 7.65. The highest BCUT2D eigenvalue weighted by molar-refractivity contribution is 5.77. The summed E-state index contributed by atoms with van der Waals surface area (Å²) in [5.74, 6) is -0.231. The number of hydrogen-bond acceptors (Lipinski definition) is 3. The van der Waals surface area contributed by atoms with Gasteiger partial charge in [-0.3, -0.25) is 9.59 Å². The largest absolute Gasteiger partial charge is 0.497 e. The lowest BCUT2D eigenvalue weighted by Crippen LogP contribution is -2.33. The number of rotatable bonds is 6. The van der Waals surface area contributed by atoms with Crippen LogP contribution >= 0.6 is 0 Å². The first kappa shape index (κ1) is 16.3. The fraction of sp³-hybridized carbons (Fsp3) is 0.529. The third-order valence-electron chi connectivity index (χ3n) is 4.30. The van der Waals surface area contributed by atoms with Crippen molar-refractivity contribution in [2.24, 2.45) is 5.92 Å². The Kier molecular flexibility index (Phi) is 5.41. The van der Waals surface area contributed by atoms with E-state index in [0.717, 1.165) is 17.7 Å². The van der Waals surface area contributed by atoms with Crippen LogP contribution in [0, 0.1) is 5.92 Å². The van der Waals surface area contributed by atoms with Gasteiger partial charge in [0.25, 0.3) is 0 Å². The number of aliphatic carboxylic acids is 1. The van der Waals surface area contributed by atoms with Crippen LogP contribution in [0.3, 0.4) is 0 Å². The predicted molar refractivity (Wildman–Crippen MR) is 82.9 cm³/mol. The lowest BCUT2D eigenvalue weighted by atomic mass is 9.97. The molecule has 0 heterocycles. The normalized spacial score (nSPS) is 22.1. The predicted octanol–water partition coefficient (Wildman–Crippen LogP) is 2.56. The second-order valence-electron chi connectivity index (χ2n) is 5.99. The van der Waals surface area contributed by atoms with Crippen LogP contribution in [0.2, 0.25) is 0 Å². The van der Waals surface area contributed by atoms with Gasteiger partial charge < -0.3 is 15.2 Å². The number of carboxylic acid groups (broad SMARTS) is 1. The standard InChI is InChI=1S/C17H23NO4/c1-11(12-4-3-5-15(10-12)22-2)8-16(19)18-14-7-6-13(9-14)17(20)21/h3-5,10-11,13-14H,6-9H2,1-2H3,(H,18,19)(H,20,21)/t11?,13-,14+/m1/s1. The monoisotopic (exact) mass is 305 g/mol. The fourth-order valence-electron chi connectivity index (χ4n) is 2.97. The van der Waals surface area contributed by atoms with E-state index in [2.05, 4.69) is 5.32 Å². The summed E-state index contributed by atoms with van der Waals surface area (Å²) in [6.07, 6.45) is 2.32. The quantitative estimate of drug-likeness (QED) is 0.847. The summed E-state index contributed by atoms with van der Waals surface area (Å²) in [4.78, 5) is 23.1. The minimum Gasteiger partial charge on any atom is -0.497 e. The molecule has 0 bridgehead atoms. The zero-order valence-corrected chi connectivity index (χ0v) is 13.0. The summed E-state index contributed by atoms with van der Waals surface area (Å²) >= 11 is 0. The number of benzene rings is 1. The Morgan fingerprint density at radius 3 is 2.82 bits per heavy atom. The number of nitrogens with one attached hydrogen (secondary N) is 1. The van der Waals surface area contributed by atoms with Gasteiger partial charge in [-0.2, -0.15) is 0 Å². The van der Waals surface area contributed by atoms with E-state index in [4.69, 9.17) is 9.84 Å². The van der Waals surface area contributed by atoms with E-state index >= 15 is 0 Å². The Bertz CT molecular complexity index is 543. The Hall–Kier alpha value is -2.04. The number of amides is 1. The highest BCUT2D eigenvalue weighted by Crippen LogP contribution is 2.27. The van der Waals surface area contributed by atoms with Gasteiger partial charge in [-0.15, -0.1) is 0 Å². The first-order valence-corrected chi connectivity index (χ1v) is 7.65. The summed E-state index contributed by atoms with van der Waals surface area (Å²) in [5.41, 5.74) is 1.06. The molecule has 1 aromatic rings. The molecule has 2 rings (SSSR count).